The maximum Gasteiger partial charge on any atom is 0.410 e. The van der Waals surface area contributed by atoms with Gasteiger partial charge in [-0.2, -0.15) is 4.39 Å². The van der Waals surface area contributed by atoms with Crippen LogP contribution in [0.5, 0.6) is 0 Å². The van der Waals surface area contributed by atoms with Gasteiger partial charge >= 0.3 is 6.09 Å². The van der Waals surface area contributed by atoms with Crippen LogP contribution in [0, 0.1) is 11.8 Å². The van der Waals surface area contributed by atoms with Crippen molar-refractivity contribution in [2.75, 3.05) is 7.05 Å². The van der Waals surface area contributed by atoms with Crippen LogP contribution >= 0.6 is 11.3 Å². The molecule has 32 heavy (non-hydrogen) atoms. The van der Waals surface area contributed by atoms with E-state index in [1.54, 1.807) is 20.8 Å². The summed E-state index contributed by atoms with van der Waals surface area (Å²) in [4.78, 5) is 21.1. The van der Waals surface area contributed by atoms with E-state index < -0.39 is 33.3 Å². The fourth-order valence-corrected chi connectivity index (χ4v) is 5.71. The molecule has 0 unspecified atom stereocenters. The largest absolute Gasteiger partial charge is 0.444 e. The van der Waals surface area contributed by atoms with Crippen LogP contribution in [0.1, 0.15) is 25.8 Å². The first-order valence-corrected chi connectivity index (χ1v) is 11.7. The zero-order chi connectivity index (χ0) is 23.7. The van der Waals surface area contributed by atoms with Crippen LogP contribution < -0.4 is 0 Å². The standard InChI is InChI=1S/C21H21F2N3O4S2/c1-21(2,3)30-20(27)26(4)12-16-25-17(15-9-6-10-24-18(15)23)19(31-16)32(28,29)14-8-5-7-13(22)11-14/h5-11H,12H2,1-4H3. The van der Waals surface area contributed by atoms with Gasteiger partial charge in [0.05, 0.1) is 17.0 Å². The summed E-state index contributed by atoms with van der Waals surface area (Å²) in [7, 11) is -2.76. The number of benzene rings is 1. The number of halogens is 2. The third-order valence-corrected chi connectivity index (χ3v) is 7.38. The van der Waals surface area contributed by atoms with Crippen LogP contribution in [0.15, 0.2) is 51.7 Å². The first kappa shape index (κ1) is 23.7. The van der Waals surface area contributed by atoms with Crippen LogP contribution in [0.2, 0.25) is 0 Å². The Morgan fingerprint density at radius 1 is 1.19 bits per heavy atom. The molecular weight excluding hydrogens is 460 g/mol. The monoisotopic (exact) mass is 481 g/mol. The predicted molar refractivity (Wildman–Crippen MR) is 115 cm³/mol. The fourth-order valence-electron chi connectivity index (χ4n) is 2.68. The molecule has 0 aliphatic carbocycles. The van der Waals surface area contributed by atoms with Crippen molar-refractivity contribution in [1.82, 2.24) is 14.9 Å². The first-order chi connectivity index (χ1) is 14.9. The average Bonchev–Trinajstić information content (AvgIpc) is 3.11. The van der Waals surface area contributed by atoms with Crippen LogP contribution in [-0.4, -0.2) is 42.0 Å². The van der Waals surface area contributed by atoms with Gasteiger partial charge in [-0.15, -0.1) is 11.3 Å². The number of nitrogens with zero attached hydrogens (tertiary/aromatic N) is 3. The summed E-state index contributed by atoms with van der Waals surface area (Å²) in [5.74, 6) is -1.63. The molecule has 7 nitrogen and oxygen atoms in total. The summed E-state index contributed by atoms with van der Waals surface area (Å²) < 4.78 is 59.7. The molecule has 1 aromatic carbocycles. The Balaban J connectivity index is 2.07. The molecule has 0 saturated heterocycles. The summed E-state index contributed by atoms with van der Waals surface area (Å²) in [6, 6.07) is 7.31. The summed E-state index contributed by atoms with van der Waals surface area (Å²) in [6.07, 6.45) is 0.597. The van der Waals surface area contributed by atoms with E-state index in [1.165, 1.54) is 42.4 Å². The van der Waals surface area contributed by atoms with Gasteiger partial charge in [-0.05, 0) is 51.1 Å². The molecule has 0 atom stereocenters. The molecule has 3 rings (SSSR count). The van der Waals surface area contributed by atoms with Gasteiger partial charge in [-0.25, -0.2) is 27.6 Å². The Kier molecular flexibility index (Phi) is 6.61. The average molecular weight is 482 g/mol. The van der Waals surface area contributed by atoms with Gasteiger partial charge in [0.15, 0.2) is 4.21 Å². The minimum atomic E-state index is -4.23. The Bertz CT molecular complexity index is 1250. The lowest BCUT2D eigenvalue weighted by Gasteiger charge is -2.24. The maximum atomic E-state index is 14.4. The molecule has 0 aliphatic heterocycles. The topological polar surface area (TPSA) is 89.5 Å². The number of pyridine rings is 1. The minimum Gasteiger partial charge on any atom is -0.444 e. The van der Waals surface area contributed by atoms with E-state index in [2.05, 4.69) is 9.97 Å². The molecular formula is C21H21F2N3O4S2. The number of sulfone groups is 1. The molecule has 0 aliphatic rings. The van der Waals surface area contributed by atoms with E-state index in [9.17, 15) is 22.0 Å². The lowest BCUT2D eigenvalue weighted by atomic mass is 10.2. The van der Waals surface area contributed by atoms with Crippen molar-refractivity contribution in [3.8, 4) is 11.3 Å². The van der Waals surface area contributed by atoms with Crippen molar-refractivity contribution in [2.45, 2.75) is 42.0 Å². The molecule has 2 aromatic heterocycles. The molecule has 3 aromatic rings. The third-order valence-electron chi connectivity index (χ3n) is 4.08. The number of aromatic nitrogens is 2. The molecule has 0 saturated carbocycles. The van der Waals surface area contributed by atoms with Crippen molar-refractivity contribution in [3.63, 3.8) is 0 Å². The summed E-state index contributed by atoms with van der Waals surface area (Å²) in [5, 5.41) is 0.228. The Labute approximate surface area is 188 Å². The van der Waals surface area contributed by atoms with E-state index in [4.69, 9.17) is 4.74 Å². The fraction of sp³-hybridized carbons (Fsp3) is 0.286. The SMILES string of the molecule is CN(Cc1nc(-c2cccnc2F)c(S(=O)(=O)c2cccc(F)c2)s1)C(=O)OC(C)(C)C. The second-order valence-electron chi connectivity index (χ2n) is 7.88. The second-order valence-corrected chi connectivity index (χ2v) is 11.1. The lowest BCUT2D eigenvalue weighted by Crippen LogP contribution is -2.33. The number of rotatable bonds is 5. The second kappa shape index (κ2) is 8.91. The predicted octanol–water partition coefficient (Wildman–Crippen LogP) is 4.68. The van der Waals surface area contributed by atoms with Crippen molar-refractivity contribution in [1.29, 1.82) is 0 Å². The van der Waals surface area contributed by atoms with E-state index in [0.717, 1.165) is 23.5 Å². The highest BCUT2D eigenvalue weighted by Crippen LogP contribution is 2.37. The van der Waals surface area contributed by atoms with Gasteiger partial charge in [0.25, 0.3) is 0 Å². The number of ether oxygens (including phenoxy) is 1. The zero-order valence-corrected chi connectivity index (χ0v) is 19.4. The van der Waals surface area contributed by atoms with Gasteiger partial charge < -0.3 is 9.64 Å². The highest BCUT2D eigenvalue weighted by atomic mass is 32.2. The van der Waals surface area contributed by atoms with Crippen molar-refractivity contribution >= 4 is 27.3 Å². The molecule has 0 bridgehead atoms. The van der Waals surface area contributed by atoms with Crippen LogP contribution in [0.4, 0.5) is 13.6 Å². The Morgan fingerprint density at radius 2 is 1.91 bits per heavy atom. The number of hydrogen-bond acceptors (Lipinski definition) is 7. The van der Waals surface area contributed by atoms with E-state index in [0.29, 0.717) is 0 Å². The molecule has 0 radical (unpaired) electrons. The summed E-state index contributed by atoms with van der Waals surface area (Å²) >= 11 is 0.769. The quantitative estimate of drug-likeness (QED) is 0.492. The molecule has 0 fully saturated rings. The van der Waals surface area contributed by atoms with Gasteiger partial charge in [0.2, 0.25) is 15.8 Å². The Hall–Kier alpha value is -2.92. The molecule has 2 heterocycles. The summed E-state index contributed by atoms with van der Waals surface area (Å²) in [6.45, 7) is 5.08. The Morgan fingerprint density at radius 3 is 2.53 bits per heavy atom. The van der Waals surface area contributed by atoms with Crippen molar-refractivity contribution in [2.24, 2.45) is 0 Å². The molecule has 11 heteroatoms. The van der Waals surface area contributed by atoms with Gasteiger partial charge in [-0.3, -0.25) is 0 Å². The van der Waals surface area contributed by atoms with Crippen LogP contribution in [-0.2, 0) is 21.1 Å². The molecule has 0 N–H and O–H groups in total. The van der Waals surface area contributed by atoms with Crippen molar-refractivity contribution in [3.05, 3.63) is 59.4 Å². The zero-order valence-electron chi connectivity index (χ0n) is 17.8. The number of carbonyl (C=O) groups is 1. The number of hydrogen-bond donors (Lipinski definition) is 0. The smallest absolute Gasteiger partial charge is 0.410 e. The van der Waals surface area contributed by atoms with Crippen LogP contribution in [0.3, 0.4) is 0 Å². The number of amides is 1. The van der Waals surface area contributed by atoms with E-state index in [-0.39, 0.29) is 31.9 Å². The van der Waals surface area contributed by atoms with Gasteiger partial charge in [0.1, 0.15) is 22.1 Å². The highest BCUT2D eigenvalue weighted by Gasteiger charge is 2.30. The first-order valence-electron chi connectivity index (χ1n) is 9.44. The number of carbonyl (C=O) groups excluding carboxylic acids is 1. The number of thiazole rings is 1. The highest BCUT2D eigenvalue weighted by molar-refractivity contribution is 7.93. The van der Waals surface area contributed by atoms with Gasteiger partial charge in [0, 0.05) is 13.2 Å². The van der Waals surface area contributed by atoms with Crippen LogP contribution in [0.25, 0.3) is 11.3 Å². The lowest BCUT2D eigenvalue weighted by molar-refractivity contribution is 0.0285. The molecule has 170 valence electrons. The van der Waals surface area contributed by atoms with Crippen molar-refractivity contribution < 1.29 is 26.7 Å². The minimum absolute atomic E-state index is 0.0763. The normalized spacial score (nSPS) is 11.9. The molecule has 0 spiro atoms. The molecule has 1 amide bonds. The third kappa shape index (κ3) is 5.28. The summed E-state index contributed by atoms with van der Waals surface area (Å²) in [5.41, 5.74) is -0.994. The van der Waals surface area contributed by atoms with E-state index in [1.807, 2.05) is 0 Å². The maximum absolute atomic E-state index is 14.4. The van der Waals surface area contributed by atoms with E-state index >= 15 is 0 Å². The van der Waals surface area contributed by atoms with Gasteiger partial charge in [-0.1, -0.05) is 6.07 Å².